The van der Waals surface area contributed by atoms with Crippen molar-refractivity contribution in [2.75, 3.05) is 7.11 Å². The van der Waals surface area contributed by atoms with E-state index in [4.69, 9.17) is 16.3 Å². The molecule has 0 bridgehead atoms. The maximum absolute atomic E-state index is 11.1. The normalized spacial score (nSPS) is 21.0. The van der Waals surface area contributed by atoms with E-state index in [1.165, 1.54) is 11.1 Å². The molecule has 2 aromatic carbocycles. The van der Waals surface area contributed by atoms with Crippen LogP contribution in [0.25, 0.3) is 0 Å². The number of methoxy groups -OCH3 is 1. The summed E-state index contributed by atoms with van der Waals surface area (Å²) in [6, 6.07) is 11.6. The summed E-state index contributed by atoms with van der Waals surface area (Å²) in [7, 11) is 1.62. The van der Waals surface area contributed by atoms with Crippen molar-refractivity contribution < 1.29 is 9.84 Å². The lowest BCUT2D eigenvalue weighted by Gasteiger charge is -2.35. The van der Waals surface area contributed by atoms with Gasteiger partial charge in [0.05, 0.1) is 12.7 Å². The second-order valence-electron chi connectivity index (χ2n) is 5.47. The molecular formula is C17H16BrClO2. The average Bonchev–Trinajstić information content (AvgIpc) is 2.47. The molecule has 0 radical (unpaired) electrons. The number of hydrogen-bond donors (Lipinski definition) is 1. The number of halogens is 2. The summed E-state index contributed by atoms with van der Waals surface area (Å²) in [6.07, 6.45) is 2.07. The standard InChI is InChI=1S/C17H16BrClO2/c1-21-16-5-4-14(19)9-15(16)17(20)7-6-11-8-13(18)3-2-12(11)10-17/h2-5,8-9,20H,6-7,10H2,1H3. The fraction of sp³-hybridized carbons (Fsp3) is 0.294. The van der Waals surface area contributed by atoms with Crippen LogP contribution in [0.1, 0.15) is 23.1 Å². The summed E-state index contributed by atoms with van der Waals surface area (Å²) < 4.78 is 6.48. The molecule has 4 heteroatoms. The maximum Gasteiger partial charge on any atom is 0.125 e. The molecule has 0 heterocycles. The summed E-state index contributed by atoms with van der Waals surface area (Å²) in [5, 5.41) is 11.8. The van der Waals surface area contributed by atoms with Crippen LogP contribution in [0.5, 0.6) is 5.75 Å². The van der Waals surface area contributed by atoms with Crippen molar-refractivity contribution in [1.82, 2.24) is 0 Å². The molecule has 1 N–H and O–H groups in total. The van der Waals surface area contributed by atoms with Gasteiger partial charge < -0.3 is 9.84 Å². The Hall–Kier alpha value is -1.03. The van der Waals surface area contributed by atoms with Gasteiger partial charge in [-0.1, -0.05) is 33.6 Å². The lowest BCUT2D eigenvalue weighted by atomic mass is 9.76. The van der Waals surface area contributed by atoms with Crippen LogP contribution in [0.15, 0.2) is 40.9 Å². The molecule has 0 amide bonds. The first-order valence-corrected chi connectivity index (χ1v) is 8.03. The fourth-order valence-electron chi connectivity index (χ4n) is 3.02. The van der Waals surface area contributed by atoms with Gasteiger partial charge >= 0.3 is 0 Å². The van der Waals surface area contributed by atoms with Gasteiger partial charge in [-0.05, 0) is 54.3 Å². The SMILES string of the molecule is COc1ccc(Cl)cc1C1(O)CCc2cc(Br)ccc2C1. The number of rotatable bonds is 2. The van der Waals surface area contributed by atoms with Crippen LogP contribution in [-0.4, -0.2) is 12.2 Å². The Kier molecular flexibility index (Phi) is 4.00. The Balaban J connectivity index is 2.03. The summed E-state index contributed by atoms with van der Waals surface area (Å²) in [4.78, 5) is 0. The monoisotopic (exact) mass is 366 g/mol. The first-order valence-electron chi connectivity index (χ1n) is 6.85. The van der Waals surface area contributed by atoms with Gasteiger partial charge in [-0.2, -0.15) is 0 Å². The Bertz CT molecular complexity index is 686. The molecule has 1 aliphatic carbocycles. The Morgan fingerprint density at radius 1 is 1.19 bits per heavy atom. The lowest BCUT2D eigenvalue weighted by molar-refractivity contribution is 0.0200. The predicted molar refractivity (Wildman–Crippen MR) is 88.1 cm³/mol. The van der Waals surface area contributed by atoms with Crippen LogP contribution < -0.4 is 4.74 Å². The maximum atomic E-state index is 11.1. The van der Waals surface area contributed by atoms with Crippen LogP contribution in [-0.2, 0) is 18.4 Å². The molecule has 2 nitrogen and oxygen atoms in total. The molecule has 0 fully saturated rings. The summed E-state index contributed by atoms with van der Waals surface area (Å²) in [6.45, 7) is 0. The first kappa shape index (κ1) is 14.9. The van der Waals surface area contributed by atoms with Crippen LogP contribution in [0, 0.1) is 0 Å². The van der Waals surface area contributed by atoms with Gasteiger partial charge in [-0.15, -0.1) is 0 Å². The highest BCUT2D eigenvalue weighted by atomic mass is 79.9. The third-order valence-corrected chi connectivity index (χ3v) is 4.85. The molecule has 2 aromatic rings. The topological polar surface area (TPSA) is 29.5 Å². The van der Waals surface area contributed by atoms with Crippen molar-refractivity contribution in [1.29, 1.82) is 0 Å². The molecule has 0 spiro atoms. The van der Waals surface area contributed by atoms with E-state index < -0.39 is 5.60 Å². The van der Waals surface area contributed by atoms with Gasteiger partial charge in [-0.3, -0.25) is 0 Å². The number of hydrogen-bond acceptors (Lipinski definition) is 2. The summed E-state index contributed by atoms with van der Waals surface area (Å²) in [5.74, 6) is 0.683. The van der Waals surface area contributed by atoms with Crippen molar-refractivity contribution in [3.05, 3.63) is 62.6 Å². The molecular weight excluding hydrogens is 352 g/mol. The van der Waals surface area contributed by atoms with Gasteiger partial charge in [0.1, 0.15) is 5.75 Å². The zero-order chi connectivity index (χ0) is 15.0. The molecule has 3 rings (SSSR count). The van der Waals surface area contributed by atoms with Gasteiger partial charge in [0.2, 0.25) is 0 Å². The van der Waals surface area contributed by atoms with E-state index in [1.54, 1.807) is 13.2 Å². The third kappa shape index (κ3) is 2.83. The minimum atomic E-state index is -0.933. The summed E-state index contributed by atoms with van der Waals surface area (Å²) in [5.41, 5.74) is 2.30. The van der Waals surface area contributed by atoms with Crippen LogP contribution in [0.3, 0.4) is 0 Å². The van der Waals surface area contributed by atoms with Gasteiger partial charge in [0.15, 0.2) is 0 Å². The molecule has 1 aliphatic rings. The zero-order valence-electron chi connectivity index (χ0n) is 11.7. The highest BCUT2D eigenvalue weighted by Gasteiger charge is 2.36. The van der Waals surface area contributed by atoms with E-state index in [2.05, 4.69) is 28.1 Å². The van der Waals surface area contributed by atoms with Crippen LogP contribution >= 0.6 is 27.5 Å². The molecule has 0 aromatic heterocycles. The van der Waals surface area contributed by atoms with Gasteiger partial charge in [0.25, 0.3) is 0 Å². The Labute approximate surface area is 137 Å². The number of aryl methyl sites for hydroxylation is 1. The van der Waals surface area contributed by atoms with Crippen LogP contribution in [0.2, 0.25) is 5.02 Å². The molecule has 0 aliphatic heterocycles. The molecule has 0 saturated carbocycles. The van der Waals surface area contributed by atoms with E-state index in [0.29, 0.717) is 23.6 Å². The summed E-state index contributed by atoms with van der Waals surface area (Å²) >= 11 is 9.60. The minimum Gasteiger partial charge on any atom is -0.496 e. The number of benzene rings is 2. The average molecular weight is 368 g/mol. The first-order chi connectivity index (χ1) is 10.0. The van der Waals surface area contributed by atoms with E-state index >= 15 is 0 Å². The highest BCUT2D eigenvalue weighted by Crippen LogP contribution is 2.41. The number of ether oxygens (including phenoxy) is 1. The minimum absolute atomic E-state index is 0.576. The van der Waals surface area contributed by atoms with Gasteiger partial charge in [0, 0.05) is 21.5 Å². The van der Waals surface area contributed by atoms with Crippen molar-refractivity contribution in [2.45, 2.75) is 24.9 Å². The Morgan fingerprint density at radius 3 is 2.76 bits per heavy atom. The van der Waals surface area contributed by atoms with Crippen molar-refractivity contribution in [3.63, 3.8) is 0 Å². The number of aliphatic hydroxyl groups is 1. The van der Waals surface area contributed by atoms with Crippen molar-refractivity contribution in [2.24, 2.45) is 0 Å². The number of fused-ring (bicyclic) bond motifs is 1. The van der Waals surface area contributed by atoms with E-state index in [1.807, 2.05) is 18.2 Å². The van der Waals surface area contributed by atoms with E-state index in [0.717, 1.165) is 16.5 Å². The van der Waals surface area contributed by atoms with E-state index in [9.17, 15) is 5.11 Å². The largest absolute Gasteiger partial charge is 0.496 e. The zero-order valence-corrected chi connectivity index (χ0v) is 14.0. The molecule has 1 atom stereocenters. The molecule has 21 heavy (non-hydrogen) atoms. The van der Waals surface area contributed by atoms with E-state index in [-0.39, 0.29) is 0 Å². The highest BCUT2D eigenvalue weighted by molar-refractivity contribution is 9.10. The quantitative estimate of drug-likeness (QED) is 0.847. The smallest absolute Gasteiger partial charge is 0.125 e. The Morgan fingerprint density at radius 2 is 2.00 bits per heavy atom. The van der Waals surface area contributed by atoms with Crippen LogP contribution in [0.4, 0.5) is 0 Å². The van der Waals surface area contributed by atoms with Gasteiger partial charge in [-0.25, -0.2) is 0 Å². The molecule has 0 saturated heterocycles. The molecule has 110 valence electrons. The van der Waals surface area contributed by atoms with Crippen molar-refractivity contribution >= 4 is 27.5 Å². The molecule has 1 unspecified atom stereocenters. The predicted octanol–water partition coefficient (Wildman–Crippen LogP) is 4.49. The lowest BCUT2D eigenvalue weighted by Crippen LogP contribution is -2.33. The third-order valence-electron chi connectivity index (χ3n) is 4.12. The second kappa shape index (κ2) is 5.64. The second-order valence-corrected chi connectivity index (χ2v) is 6.82. The fourth-order valence-corrected chi connectivity index (χ4v) is 3.60. The van der Waals surface area contributed by atoms with Crippen molar-refractivity contribution in [3.8, 4) is 5.75 Å².